The number of anilines is 1. The van der Waals surface area contributed by atoms with Crippen molar-refractivity contribution in [2.45, 2.75) is 64.6 Å². The van der Waals surface area contributed by atoms with Crippen LogP contribution in [0, 0.1) is 0 Å². The number of H-pyrrole nitrogens is 1. The number of carbonyl (C=O) groups excluding carboxylic acids is 1. The van der Waals surface area contributed by atoms with Gasteiger partial charge in [0.15, 0.2) is 0 Å². The van der Waals surface area contributed by atoms with Gasteiger partial charge in [-0.2, -0.15) is 0 Å². The summed E-state index contributed by atoms with van der Waals surface area (Å²) in [6, 6.07) is 0.101. The van der Waals surface area contributed by atoms with E-state index in [4.69, 9.17) is 33.7 Å². The number of nitrogen functional groups attached to an aromatic ring is 1. The molecule has 1 aliphatic carbocycles. The summed E-state index contributed by atoms with van der Waals surface area (Å²) >= 11 is 12.3. The molecule has 0 radical (unpaired) electrons. The molecule has 1 amide bonds. The third-order valence-electron chi connectivity index (χ3n) is 5.60. The number of ether oxygens (including phenoxy) is 1. The Bertz CT molecular complexity index is 998. The Morgan fingerprint density at radius 3 is 2.68 bits per heavy atom. The number of aromatic nitrogens is 1. The van der Waals surface area contributed by atoms with Crippen molar-refractivity contribution in [3.8, 4) is 0 Å². The quantitative estimate of drug-likeness (QED) is 0.321. The highest BCUT2D eigenvalue weighted by Crippen LogP contribution is 2.29. The van der Waals surface area contributed by atoms with Gasteiger partial charge in [0.1, 0.15) is 17.3 Å². The van der Waals surface area contributed by atoms with E-state index in [0.29, 0.717) is 34.7 Å². The first kappa shape index (κ1) is 26.2. The largest absolute Gasteiger partial charge is 0.444 e. The molecule has 0 aromatic carbocycles. The van der Waals surface area contributed by atoms with E-state index in [-0.39, 0.29) is 12.1 Å². The highest BCUT2D eigenvalue weighted by Gasteiger charge is 2.25. The molecule has 2 aliphatic rings. The molecule has 8 nitrogen and oxygen atoms in total. The van der Waals surface area contributed by atoms with E-state index in [1.807, 2.05) is 33.0 Å². The Balaban J connectivity index is 1.64. The SMILES string of the molecule is C=CN=C(NC1=CC(Cl)=C(Cl)CC1)c1c(CN2CCC(NC(=O)OC(C)(C)C)CC2)c[nH]c1N. The van der Waals surface area contributed by atoms with Crippen molar-refractivity contribution in [2.75, 3.05) is 18.8 Å². The minimum Gasteiger partial charge on any atom is -0.444 e. The van der Waals surface area contributed by atoms with Crippen LogP contribution in [0.4, 0.5) is 10.6 Å². The molecule has 5 N–H and O–H groups in total. The van der Waals surface area contributed by atoms with E-state index in [2.05, 4.69) is 32.1 Å². The molecule has 1 aliphatic heterocycles. The topological polar surface area (TPSA) is 108 Å². The Morgan fingerprint density at radius 2 is 2.06 bits per heavy atom. The summed E-state index contributed by atoms with van der Waals surface area (Å²) in [4.78, 5) is 22.0. The lowest BCUT2D eigenvalue weighted by atomic mass is 10.0. The molecular weight excluding hydrogens is 475 g/mol. The molecule has 1 aromatic heterocycles. The lowest BCUT2D eigenvalue weighted by Crippen LogP contribution is -2.46. The third-order valence-corrected chi connectivity index (χ3v) is 6.43. The first-order chi connectivity index (χ1) is 16.1. The van der Waals surface area contributed by atoms with Gasteiger partial charge in [0, 0.05) is 48.8 Å². The molecule has 186 valence electrons. The number of aliphatic imine (C=N–C) groups is 1. The summed E-state index contributed by atoms with van der Waals surface area (Å²) in [7, 11) is 0. The lowest BCUT2D eigenvalue weighted by Gasteiger charge is -2.33. The number of nitrogens with two attached hydrogens (primary N) is 1. The number of nitrogens with one attached hydrogen (secondary N) is 3. The van der Waals surface area contributed by atoms with Crippen LogP contribution in [-0.4, -0.2) is 46.5 Å². The number of allylic oxidation sites excluding steroid dienone is 4. The van der Waals surface area contributed by atoms with E-state index < -0.39 is 5.60 Å². The fourth-order valence-electron chi connectivity index (χ4n) is 4.01. The zero-order valence-electron chi connectivity index (χ0n) is 20.0. The highest BCUT2D eigenvalue weighted by atomic mass is 35.5. The number of alkyl carbamates (subject to hydrolysis) is 1. The summed E-state index contributed by atoms with van der Waals surface area (Å²) in [5.74, 6) is 1.14. The van der Waals surface area contributed by atoms with Crippen LogP contribution in [0.2, 0.25) is 0 Å². The molecule has 0 unspecified atom stereocenters. The van der Waals surface area contributed by atoms with Crippen molar-refractivity contribution in [1.82, 2.24) is 20.5 Å². The average Bonchev–Trinajstić information content (AvgIpc) is 3.10. The Labute approximate surface area is 211 Å². The van der Waals surface area contributed by atoms with Gasteiger partial charge in [0.2, 0.25) is 0 Å². The molecule has 0 saturated carbocycles. The van der Waals surface area contributed by atoms with Crippen molar-refractivity contribution < 1.29 is 9.53 Å². The number of likely N-dealkylation sites (tertiary alicyclic amines) is 1. The van der Waals surface area contributed by atoms with Crippen LogP contribution in [0.5, 0.6) is 0 Å². The standard InChI is InChI=1S/C24H34Cl2N6O2/c1-5-28-22(30-17-6-7-18(25)19(26)12-17)20-15(13-29-21(20)27)14-32-10-8-16(9-11-32)31-23(33)34-24(2,3)4/h5,12-13,16,29H,1,6-11,14,27H2,2-4H3,(H,28,30)(H,31,33). The third kappa shape index (κ3) is 7.29. The average molecular weight is 509 g/mol. The summed E-state index contributed by atoms with van der Waals surface area (Å²) in [5.41, 5.74) is 8.54. The maximum atomic E-state index is 12.1. The van der Waals surface area contributed by atoms with Crippen LogP contribution in [0.3, 0.4) is 0 Å². The highest BCUT2D eigenvalue weighted by molar-refractivity contribution is 6.40. The van der Waals surface area contributed by atoms with Crippen LogP contribution in [0.15, 0.2) is 45.8 Å². The van der Waals surface area contributed by atoms with Crippen LogP contribution >= 0.6 is 23.2 Å². The summed E-state index contributed by atoms with van der Waals surface area (Å²) < 4.78 is 5.37. The predicted octanol–water partition coefficient (Wildman–Crippen LogP) is 4.93. The fraction of sp³-hybridized carbons (Fsp3) is 0.500. The van der Waals surface area contributed by atoms with Crippen molar-refractivity contribution >= 4 is 40.9 Å². The Kier molecular flexibility index (Phi) is 8.73. The number of aromatic amines is 1. The smallest absolute Gasteiger partial charge is 0.407 e. The van der Waals surface area contributed by atoms with Crippen molar-refractivity contribution in [3.05, 3.63) is 51.9 Å². The number of amides is 1. The van der Waals surface area contributed by atoms with Crippen LogP contribution < -0.4 is 16.4 Å². The van der Waals surface area contributed by atoms with Crippen molar-refractivity contribution in [2.24, 2.45) is 4.99 Å². The van der Waals surface area contributed by atoms with Gasteiger partial charge < -0.3 is 26.1 Å². The number of nitrogens with zero attached hydrogens (tertiary/aromatic N) is 2. The van der Waals surface area contributed by atoms with E-state index in [1.54, 1.807) is 0 Å². The van der Waals surface area contributed by atoms with Crippen LogP contribution in [0.1, 0.15) is 57.6 Å². The summed E-state index contributed by atoms with van der Waals surface area (Å²) in [6.07, 6.45) is 7.94. The molecule has 3 rings (SSSR count). The molecular formula is C24H34Cl2N6O2. The number of rotatable bonds is 6. The van der Waals surface area contributed by atoms with Gasteiger partial charge in [0.05, 0.1) is 10.6 Å². The fourth-order valence-corrected chi connectivity index (χ4v) is 4.38. The Morgan fingerprint density at radius 1 is 1.35 bits per heavy atom. The van der Waals surface area contributed by atoms with Crippen LogP contribution in [-0.2, 0) is 11.3 Å². The molecule has 10 heteroatoms. The number of hydrogen-bond donors (Lipinski definition) is 4. The van der Waals surface area contributed by atoms with E-state index in [9.17, 15) is 4.79 Å². The van der Waals surface area contributed by atoms with Gasteiger partial charge in [-0.15, -0.1) is 0 Å². The van der Waals surface area contributed by atoms with Crippen molar-refractivity contribution in [1.29, 1.82) is 0 Å². The maximum absolute atomic E-state index is 12.1. The van der Waals surface area contributed by atoms with E-state index in [1.165, 1.54) is 6.20 Å². The van der Waals surface area contributed by atoms with Crippen LogP contribution in [0.25, 0.3) is 0 Å². The second-order valence-corrected chi connectivity index (χ2v) is 10.4. The molecule has 1 saturated heterocycles. The van der Waals surface area contributed by atoms with Gasteiger partial charge in [-0.25, -0.2) is 9.79 Å². The second kappa shape index (κ2) is 11.3. The zero-order valence-corrected chi connectivity index (χ0v) is 21.5. The number of halogens is 2. The minimum absolute atomic E-state index is 0.101. The molecule has 0 bridgehead atoms. The number of piperidine rings is 1. The molecule has 0 atom stereocenters. The minimum atomic E-state index is -0.504. The molecule has 0 spiro atoms. The monoisotopic (exact) mass is 508 g/mol. The molecule has 34 heavy (non-hydrogen) atoms. The van der Waals surface area contributed by atoms with Gasteiger partial charge in [-0.3, -0.25) is 4.90 Å². The summed E-state index contributed by atoms with van der Waals surface area (Å²) in [5, 5.41) is 7.52. The number of amidine groups is 1. The number of hydrogen-bond acceptors (Lipinski definition) is 5. The van der Waals surface area contributed by atoms with E-state index >= 15 is 0 Å². The van der Waals surface area contributed by atoms with E-state index in [0.717, 1.165) is 49.2 Å². The molecule has 1 aromatic rings. The lowest BCUT2D eigenvalue weighted by molar-refractivity contribution is 0.0477. The maximum Gasteiger partial charge on any atom is 0.407 e. The predicted molar refractivity (Wildman–Crippen MR) is 139 cm³/mol. The van der Waals surface area contributed by atoms with Crippen molar-refractivity contribution in [3.63, 3.8) is 0 Å². The first-order valence-corrected chi connectivity index (χ1v) is 12.2. The zero-order chi connectivity index (χ0) is 24.9. The van der Waals surface area contributed by atoms with Gasteiger partial charge in [-0.05, 0) is 58.1 Å². The van der Waals surface area contributed by atoms with Gasteiger partial charge in [0.25, 0.3) is 0 Å². The first-order valence-electron chi connectivity index (χ1n) is 11.4. The second-order valence-electron chi connectivity index (χ2n) is 9.51. The summed E-state index contributed by atoms with van der Waals surface area (Å²) in [6.45, 7) is 11.7. The molecule has 1 fully saturated rings. The van der Waals surface area contributed by atoms with Gasteiger partial charge in [-0.1, -0.05) is 29.8 Å². The molecule has 2 heterocycles. The van der Waals surface area contributed by atoms with Gasteiger partial charge >= 0.3 is 6.09 Å². The normalized spacial score (nSPS) is 18.5. The Hall–Kier alpha value is -2.42. The number of carbonyl (C=O) groups is 1.